The Kier molecular flexibility index (Phi) is 10.5. The number of hydrogen-bond donors (Lipinski definition) is 1. The summed E-state index contributed by atoms with van der Waals surface area (Å²) in [6.45, 7) is 9.13. The molecule has 0 aliphatic carbocycles. The van der Waals surface area contributed by atoms with Gasteiger partial charge in [0.1, 0.15) is 0 Å². The third kappa shape index (κ3) is 6.65. The molecule has 2 rings (SSSR count). The molecule has 0 unspecified atom stereocenters. The smallest absolute Gasteiger partial charge is 0.162 e. The van der Waals surface area contributed by atoms with E-state index in [0.717, 1.165) is 63.7 Å². The molecular weight excluding hydrogens is 351 g/mol. The van der Waals surface area contributed by atoms with Crippen LogP contribution in [0.15, 0.2) is 12.1 Å². The monoisotopic (exact) mass is 378 g/mol. The van der Waals surface area contributed by atoms with E-state index in [0.29, 0.717) is 17.4 Å². The van der Waals surface area contributed by atoms with Gasteiger partial charge in [0.05, 0.1) is 26.9 Å². The summed E-state index contributed by atoms with van der Waals surface area (Å²) in [5, 5.41) is 4.15. The Hall–Kier alpha value is -0.720. The van der Waals surface area contributed by atoms with Crippen LogP contribution in [0.4, 0.5) is 0 Å². The van der Waals surface area contributed by atoms with Gasteiger partial charge in [0.2, 0.25) is 0 Å². The van der Waals surface area contributed by atoms with E-state index >= 15 is 0 Å². The van der Waals surface area contributed by atoms with Crippen LogP contribution in [-0.4, -0.2) is 58.0 Å². The summed E-state index contributed by atoms with van der Waals surface area (Å²) in [6.07, 6.45) is 1.12. The number of nitrogens with zero attached hydrogens (tertiary/aromatic N) is 1. The summed E-state index contributed by atoms with van der Waals surface area (Å²) in [5.41, 5.74) is 1.03. The van der Waals surface area contributed by atoms with Crippen molar-refractivity contribution in [2.24, 2.45) is 0 Å². The van der Waals surface area contributed by atoms with Crippen molar-refractivity contribution in [1.82, 2.24) is 10.2 Å². The average molecular weight is 379 g/mol. The molecule has 1 N–H and O–H groups in total. The molecule has 1 aliphatic heterocycles. The number of hydrogen-bond acceptors (Lipinski definition) is 5. The van der Waals surface area contributed by atoms with Crippen LogP contribution in [0.2, 0.25) is 5.02 Å². The lowest BCUT2D eigenvalue weighted by Gasteiger charge is -2.26. The third-order valence-corrected chi connectivity index (χ3v) is 4.23. The first-order valence-corrected chi connectivity index (χ1v) is 8.62. The van der Waals surface area contributed by atoms with Gasteiger partial charge in [-0.2, -0.15) is 0 Å². The maximum atomic E-state index is 6.33. The Morgan fingerprint density at radius 3 is 2.67 bits per heavy atom. The first kappa shape index (κ1) is 21.3. The number of ether oxygens (including phenoxy) is 3. The highest BCUT2D eigenvalue weighted by molar-refractivity contribution is 6.31. The van der Waals surface area contributed by atoms with Crippen molar-refractivity contribution >= 4 is 24.0 Å². The fourth-order valence-corrected chi connectivity index (χ4v) is 2.84. The number of benzene rings is 1. The summed E-state index contributed by atoms with van der Waals surface area (Å²) in [7, 11) is 1.64. The first-order chi connectivity index (χ1) is 11.2. The van der Waals surface area contributed by atoms with E-state index in [1.165, 1.54) is 0 Å². The van der Waals surface area contributed by atoms with E-state index < -0.39 is 0 Å². The maximum absolute atomic E-state index is 6.33. The van der Waals surface area contributed by atoms with Crippen molar-refractivity contribution < 1.29 is 14.2 Å². The Bertz CT molecular complexity index is 483. The molecule has 5 nitrogen and oxygen atoms in total. The Balaban J connectivity index is 0.00000288. The van der Waals surface area contributed by atoms with Crippen LogP contribution in [0.25, 0.3) is 0 Å². The molecule has 0 bridgehead atoms. The van der Waals surface area contributed by atoms with E-state index in [2.05, 4.69) is 10.2 Å². The van der Waals surface area contributed by atoms with Gasteiger partial charge in [-0.25, -0.2) is 0 Å². The molecule has 1 fully saturated rings. The van der Waals surface area contributed by atoms with Gasteiger partial charge in [0, 0.05) is 30.7 Å². The summed E-state index contributed by atoms with van der Waals surface area (Å²) in [6, 6.07) is 3.77. The van der Waals surface area contributed by atoms with Crippen molar-refractivity contribution in [2.45, 2.75) is 19.9 Å². The molecule has 0 aromatic heterocycles. The van der Waals surface area contributed by atoms with Gasteiger partial charge < -0.3 is 19.5 Å². The lowest BCUT2D eigenvalue weighted by atomic mass is 10.2. The van der Waals surface area contributed by atoms with E-state index in [1.54, 1.807) is 7.11 Å². The predicted octanol–water partition coefficient (Wildman–Crippen LogP) is 2.98. The second-order valence-corrected chi connectivity index (χ2v) is 5.92. The summed E-state index contributed by atoms with van der Waals surface area (Å²) in [5.74, 6) is 1.41. The number of morpholine rings is 1. The SMILES string of the molecule is CCOc1cc(Cl)c(CNCCCN2CCOCC2)cc1OC.Cl. The number of halogens is 2. The zero-order valence-electron chi connectivity index (χ0n) is 14.5. The highest BCUT2D eigenvalue weighted by atomic mass is 35.5. The van der Waals surface area contributed by atoms with Gasteiger partial charge in [-0.05, 0) is 38.1 Å². The molecule has 0 saturated carbocycles. The molecule has 0 radical (unpaired) electrons. The van der Waals surface area contributed by atoms with Gasteiger partial charge in [-0.3, -0.25) is 4.90 Å². The molecule has 1 aromatic rings. The van der Waals surface area contributed by atoms with Crippen LogP contribution in [0.3, 0.4) is 0 Å². The number of rotatable bonds is 9. The quantitative estimate of drug-likeness (QED) is 0.669. The molecule has 138 valence electrons. The fraction of sp³-hybridized carbons (Fsp3) is 0.647. The van der Waals surface area contributed by atoms with E-state index in [1.807, 2.05) is 19.1 Å². The van der Waals surface area contributed by atoms with Crippen LogP contribution in [-0.2, 0) is 11.3 Å². The minimum atomic E-state index is 0. The van der Waals surface area contributed by atoms with E-state index in [-0.39, 0.29) is 12.4 Å². The first-order valence-electron chi connectivity index (χ1n) is 8.24. The molecule has 1 aliphatic rings. The molecule has 24 heavy (non-hydrogen) atoms. The standard InChI is InChI=1S/C17H27ClN2O3.ClH/c1-3-23-17-12-15(18)14(11-16(17)21-2)13-19-5-4-6-20-7-9-22-10-8-20;/h11-12,19H,3-10,13H2,1-2H3;1H. The van der Waals surface area contributed by atoms with E-state index in [4.69, 9.17) is 25.8 Å². The van der Waals surface area contributed by atoms with Crippen LogP contribution in [0, 0.1) is 0 Å². The molecule has 1 aromatic carbocycles. The zero-order valence-corrected chi connectivity index (χ0v) is 16.0. The minimum Gasteiger partial charge on any atom is -0.493 e. The van der Waals surface area contributed by atoms with Crippen LogP contribution in [0.1, 0.15) is 18.9 Å². The molecule has 0 spiro atoms. The number of methoxy groups -OCH3 is 1. The van der Waals surface area contributed by atoms with Crippen LogP contribution in [0.5, 0.6) is 11.5 Å². The highest BCUT2D eigenvalue weighted by Crippen LogP contribution is 2.33. The Morgan fingerprint density at radius 1 is 1.25 bits per heavy atom. The highest BCUT2D eigenvalue weighted by Gasteiger charge is 2.11. The Morgan fingerprint density at radius 2 is 2.00 bits per heavy atom. The van der Waals surface area contributed by atoms with Gasteiger partial charge in [0.15, 0.2) is 11.5 Å². The number of nitrogens with one attached hydrogen (secondary N) is 1. The molecule has 7 heteroatoms. The third-order valence-electron chi connectivity index (χ3n) is 3.88. The normalized spacial score (nSPS) is 15.0. The van der Waals surface area contributed by atoms with Gasteiger partial charge in [0.25, 0.3) is 0 Å². The van der Waals surface area contributed by atoms with E-state index in [9.17, 15) is 0 Å². The molecular formula is C17H28Cl2N2O3. The zero-order chi connectivity index (χ0) is 16.5. The van der Waals surface area contributed by atoms with Gasteiger partial charge >= 0.3 is 0 Å². The summed E-state index contributed by atoms with van der Waals surface area (Å²) in [4.78, 5) is 2.44. The van der Waals surface area contributed by atoms with Crippen LogP contribution < -0.4 is 14.8 Å². The van der Waals surface area contributed by atoms with Crippen LogP contribution >= 0.6 is 24.0 Å². The summed E-state index contributed by atoms with van der Waals surface area (Å²) < 4.78 is 16.3. The van der Waals surface area contributed by atoms with Crippen molar-refractivity contribution in [3.8, 4) is 11.5 Å². The lowest BCUT2D eigenvalue weighted by Crippen LogP contribution is -2.37. The molecule has 1 heterocycles. The molecule has 0 atom stereocenters. The van der Waals surface area contributed by atoms with Gasteiger partial charge in [-0.15, -0.1) is 12.4 Å². The topological polar surface area (TPSA) is 43.0 Å². The largest absolute Gasteiger partial charge is 0.493 e. The van der Waals surface area contributed by atoms with Crippen molar-refractivity contribution in [1.29, 1.82) is 0 Å². The summed E-state index contributed by atoms with van der Waals surface area (Å²) >= 11 is 6.33. The fourth-order valence-electron chi connectivity index (χ4n) is 2.62. The van der Waals surface area contributed by atoms with Crippen molar-refractivity contribution in [3.63, 3.8) is 0 Å². The predicted molar refractivity (Wildman–Crippen MR) is 100 cm³/mol. The second kappa shape index (κ2) is 11.8. The molecule has 1 saturated heterocycles. The Labute approximate surface area is 156 Å². The van der Waals surface area contributed by atoms with Gasteiger partial charge in [-0.1, -0.05) is 11.6 Å². The van der Waals surface area contributed by atoms with Crippen molar-refractivity contribution in [3.05, 3.63) is 22.7 Å². The molecule has 0 amide bonds. The second-order valence-electron chi connectivity index (χ2n) is 5.51. The van der Waals surface area contributed by atoms with Crippen molar-refractivity contribution in [2.75, 3.05) is 53.1 Å². The maximum Gasteiger partial charge on any atom is 0.162 e. The minimum absolute atomic E-state index is 0. The average Bonchev–Trinajstić information content (AvgIpc) is 2.57. The lowest BCUT2D eigenvalue weighted by molar-refractivity contribution is 0.0374.